The Morgan fingerprint density at radius 3 is 2.75 bits per heavy atom. The summed E-state index contributed by atoms with van der Waals surface area (Å²) in [7, 11) is 2.04. The molecule has 4 nitrogen and oxygen atoms in total. The van der Waals surface area contributed by atoms with Crippen molar-refractivity contribution in [2.45, 2.75) is 44.2 Å². The molecular formula is C16H25NO3. The van der Waals surface area contributed by atoms with E-state index in [9.17, 15) is 0 Å². The number of ether oxygens (including phenoxy) is 2. The predicted octanol–water partition coefficient (Wildman–Crippen LogP) is 2.82. The minimum atomic E-state index is 0.0506. The summed E-state index contributed by atoms with van der Waals surface area (Å²) in [5.74, 6) is 1.58. The summed E-state index contributed by atoms with van der Waals surface area (Å²) in [6, 6.07) is 2.50. The molecule has 0 aromatic carbocycles. The van der Waals surface area contributed by atoms with E-state index in [1.807, 2.05) is 20.2 Å². The van der Waals surface area contributed by atoms with Crippen molar-refractivity contribution in [3.63, 3.8) is 0 Å². The summed E-state index contributed by atoms with van der Waals surface area (Å²) in [5, 5.41) is 3.48. The second-order valence-electron chi connectivity index (χ2n) is 6.15. The van der Waals surface area contributed by atoms with Gasteiger partial charge in [-0.2, -0.15) is 0 Å². The molecule has 2 unspecified atom stereocenters. The maximum atomic E-state index is 6.14. The Labute approximate surface area is 120 Å². The van der Waals surface area contributed by atoms with Crippen LogP contribution in [-0.4, -0.2) is 32.5 Å². The van der Waals surface area contributed by atoms with Gasteiger partial charge in [0, 0.05) is 31.4 Å². The minimum absolute atomic E-state index is 0.0506. The van der Waals surface area contributed by atoms with E-state index in [4.69, 9.17) is 13.9 Å². The van der Waals surface area contributed by atoms with E-state index >= 15 is 0 Å². The Balaban J connectivity index is 1.74. The second-order valence-corrected chi connectivity index (χ2v) is 6.15. The molecule has 0 bridgehead atoms. The van der Waals surface area contributed by atoms with Crippen LogP contribution in [0.25, 0.3) is 0 Å². The first kappa shape index (κ1) is 14.1. The average molecular weight is 279 g/mol. The van der Waals surface area contributed by atoms with Gasteiger partial charge in [0.2, 0.25) is 0 Å². The van der Waals surface area contributed by atoms with Gasteiger partial charge in [-0.3, -0.25) is 0 Å². The molecule has 0 saturated carbocycles. The highest BCUT2D eigenvalue weighted by Crippen LogP contribution is 2.41. The number of furan rings is 1. The van der Waals surface area contributed by atoms with E-state index in [-0.39, 0.29) is 5.60 Å². The molecule has 112 valence electrons. The summed E-state index contributed by atoms with van der Waals surface area (Å²) in [6.45, 7) is 4.53. The van der Waals surface area contributed by atoms with Crippen molar-refractivity contribution >= 4 is 0 Å². The van der Waals surface area contributed by atoms with E-state index in [1.54, 1.807) is 0 Å². The molecule has 2 saturated heterocycles. The third kappa shape index (κ3) is 2.78. The zero-order valence-electron chi connectivity index (χ0n) is 12.5. The van der Waals surface area contributed by atoms with Crippen LogP contribution in [0.4, 0.5) is 0 Å². The van der Waals surface area contributed by atoms with Crippen molar-refractivity contribution in [2.75, 3.05) is 26.9 Å². The van der Waals surface area contributed by atoms with Gasteiger partial charge < -0.3 is 19.2 Å². The summed E-state index contributed by atoms with van der Waals surface area (Å²) in [4.78, 5) is 0. The van der Waals surface area contributed by atoms with Gasteiger partial charge in [0.1, 0.15) is 5.76 Å². The molecule has 0 radical (unpaired) electrons. The van der Waals surface area contributed by atoms with Crippen LogP contribution in [0.3, 0.4) is 0 Å². The fraction of sp³-hybridized carbons (Fsp3) is 0.750. The van der Waals surface area contributed by atoms with E-state index in [0.29, 0.717) is 12.0 Å². The number of aryl methyl sites for hydroxylation is 1. The fourth-order valence-electron chi connectivity index (χ4n) is 3.74. The average Bonchev–Trinajstić information content (AvgIpc) is 2.87. The number of hydrogen-bond donors (Lipinski definition) is 1. The van der Waals surface area contributed by atoms with Crippen molar-refractivity contribution in [1.82, 2.24) is 5.32 Å². The van der Waals surface area contributed by atoms with Gasteiger partial charge in [-0.1, -0.05) is 0 Å². The molecular weight excluding hydrogens is 254 g/mol. The lowest BCUT2D eigenvalue weighted by Gasteiger charge is -2.45. The normalized spacial score (nSPS) is 27.6. The third-order valence-electron chi connectivity index (χ3n) is 4.83. The summed E-state index contributed by atoms with van der Waals surface area (Å²) < 4.78 is 17.1. The summed E-state index contributed by atoms with van der Waals surface area (Å²) in [6.07, 6.45) is 6.18. The first-order chi connectivity index (χ1) is 9.72. The second kappa shape index (κ2) is 5.88. The third-order valence-corrected chi connectivity index (χ3v) is 4.83. The maximum Gasteiger partial charge on any atom is 0.101 e. The lowest BCUT2D eigenvalue weighted by atomic mass is 9.76. The van der Waals surface area contributed by atoms with Gasteiger partial charge in [-0.25, -0.2) is 0 Å². The zero-order valence-corrected chi connectivity index (χ0v) is 12.5. The molecule has 0 aliphatic carbocycles. The Morgan fingerprint density at radius 2 is 2.10 bits per heavy atom. The van der Waals surface area contributed by atoms with Crippen LogP contribution in [0.2, 0.25) is 0 Å². The quantitative estimate of drug-likeness (QED) is 0.924. The minimum Gasteiger partial charge on any atom is -0.469 e. The predicted molar refractivity (Wildman–Crippen MR) is 76.7 cm³/mol. The van der Waals surface area contributed by atoms with Crippen LogP contribution in [0.15, 0.2) is 16.7 Å². The van der Waals surface area contributed by atoms with Crippen molar-refractivity contribution in [2.24, 2.45) is 5.92 Å². The first-order valence-corrected chi connectivity index (χ1v) is 7.66. The molecule has 3 rings (SSSR count). The molecule has 20 heavy (non-hydrogen) atoms. The molecule has 0 amide bonds. The maximum absolute atomic E-state index is 6.14. The van der Waals surface area contributed by atoms with Crippen molar-refractivity contribution in [3.8, 4) is 0 Å². The highest BCUT2D eigenvalue weighted by Gasteiger charge is 2.41. The van der Waals surface area contributed by atoms with Crippen molar-refractivity contribution in [3.05, 3.63) is 23.7 Å². The van der Waals surface area contributed by atoms with Gasteiger partial charge in [-0.05, 0) is 51.6 Å². The molecule has 4 heteroatoms. The number of hydrogen-bond acceptors (Lipinski definition) is 4. The van der Waals surface area contributed by atoms with Gasteiger partial charge in [0.05, 0.1) is 11.9 Å². The number of nitrogens with one attached hydrogen (secondary N) is 1. The lowest BCUT2D eigenvalue weighted by Crippen LogP contribution is -2.46. The molecule has 1 aromatic rings. The smallest absolute Gasteiger partial charge is 0.101 e. The van der Waals surface area contributed by atoms with E-state index < -0.39 is 0 Å². The lowest BCUT2D eigenvalue weighted by molar-refractivity contribution is -0.150. The first-order valence-electron chi connectivity index (χ1n) is 7.66. The van der Waals surface area contributed by atoms with Crippen LogP contribution in [0.5, 0.6) is 0 Å². The van der Waals surface area contributed by atoms with E-state index in [0.717, 1.165) is 51.3 Å². The molecule has 2 aliphatic heterocycles. The Kier molecular flexibility index (Phi) is 4.15. The molecule has 1 spiro atoms. The van der Waals surface area contributed by atoms with Crippen LogP contribution < -0.4 is 5.32 Å². The molecule has 2 fully saturated rings. The Hall–Kier alpha value is -0.840. The summed E-state index contributed by atoms with van der Waals surface area (Å²) in [5.41, 5.74) is 1.31. The number of rotatable bonds is 3. The van der Waals surface area contributed by atoms with Gasteiger partial charge in [-0.15, -0.1) is 0 Å². The Bertz CT molecular complexity index is 431. The Morgan fingerprint density at radius 1 is 1.30 bits per heavy atom. The largest absolute Gasteiger partial charge is 0.469 e. The topological polar surface area (TPSA) is 43.6 Å². The standard InChI is InChI=1S/C16H25NO3/c1-12-9-14(11-19-12)15(17-2)13-3-6-20-16(10-13)4-7-18-8-5-16/h9,11,13,15,17H,3-8,10H2,1-2H3. The molecule has 1 N–H and O–H groups in total. The zero-order chi connectivity index (χ0) is 14.0. The highest BCUT2D eigenvalue weighted by molar-refractivity contribution is 5.18. The highest BCUT2D eigenvalue weighted by atomic mass is 16.5. The van der Waals surface area contributed by atoms with Crippen molar-refractivity contribution < 1.29 is 13.9 Å². The van der Waals surface area contributed by atoms with Crippen LogP contribution in [0.1, 0.15) is 43.0 Å². The van der Waals surface area contributed by atoms with E-state index in [1.165, 1.54) is 5.56 Å². The van der Waals surface area contributed by atoms with Gasteiger partial charge >= 0.3 is 0 Å². The van der Waals surface area contributed by atoms with Crippen LogP contribution in [0, 0.1) is 12.8 Å². The molecule has 2 aliphatic rings. The van der Waals surface area contributed by atoms with E-state index in [2.05, 4.69) is 11.4 Å². The molecule has 3 heterocycles. The van der Waals surface area contributed by atoms with Gasteiger partial charge in [0.15, 0.2) is 0 Å². The fourth-order valence-corrected chi connectivity index (χ4v) is 3.74. The monoisotopic (exact) mass is 279 g/mol. The van der Waals surface area contributed by atoms with Crippen molar-refractivity contribution in [1.29, 1.82) is 0 Å². The molecule has 1 aromatic heterocycles. The van der Waals surface area contributed by atoms with Crippen LogP contribution >= 0.6 is 0 Å². The van der Waals surface area contributed by atoms with Gasteiger partial charge in [0.25, 0.3) is 0 Å². The SMILES string of the molecule is CNC(c1coc(C)c1)C1CCOC2(CCOCC2)C1. The summed E-state index contributed by atoms with van der Waals surface area (Å²) >= 11 is 0. The van der Waals surface area contributed by atoms with Crippen LogP contribution in [-0.2, 0) is 9.47 Å². The molecule has 2 atom stereocenters.